The molecule has 4 aromatic rings. The van der Waals surface area contributed by atoms with Crippen LogP contribution in [0.15, 0.2) is 59.0 Å². The van der Waals surface area contributed by atoms with Crippen LogP contribution in [-0.4, -0.2) is 54.3 Å². The molecule has 0 saturated carbocycles. The van der Waals surface area contributed by atoms with Gasteiger partial charge in [-0.05, 0) is 37.2 Å². The molecule has 3 heterocycles. The van der Waals surface area contributed by atoms with Crippen molar-refractivity contribution in [1.29, 1.82) is 0 Å². The first-order chi connectivity index (χ1) is 14.4. The first-order valence-corrected chi connectivity index (χ1v) is 10.2. The minimum absolute atomic E-state index is 0. The van der Waals surface area contributed by atoms with E-state index in [2.05, 4.69) is 16.3 Å². The van der Waals surface area contributed by atoms with Crippen LogP contribution in [0, 0.1) is 0 Å². The first-order valence-electron chi connectivity index (χ1n) is 10.2. The van der Waals surface area contributed by atoms with Crippen LogP contribution in [0.5, 0.6) is 0 Å². The molecule has 31 heavy (non-hydrogen) atoms. The van der Waals surface area contributed by atoms with Crippen molar-refractivity contribution in [1.82, 2.24) is 14.9 Å². The van der Waals surface area contributed by atoms with Crippen molar-refractivity contribution in [2.75, 3.05) is 44.7 Å². The topological polar surface area (TPSA) is 63.4 Å². The number of para-hydroxylation sites is 2. The number of aromatic nitrogens is 2. The van der Waals surface area contributed by atoms with Crippen molar-refractivity contribution in [2.45, 2.75) is 6.42 Å². The van der Waals surface area contributed by atoms with Gasteiger partial charge in [-0.15, -0.1) is 24.8 Å². The van der Waals surface area contributed by atoms with Gasteiger partial charge in [0.2, 0.25) is 0 Å². The molecule has 0 unspecified atom stereocenters. The van der Waals surface area contributed by atoms with Crippen molar-refractivity contribution in [3.05, 3.63) is 54.6 Å². The zero-order valence-electron chi connectivity index (χ0n) is 17.1. The van der Waals surface area contributed by atoms with Gasteiger partial charge in [0, 0.05) is 30.4 Å². The van der Waals surface area contributed by atoms with Crippen molar-refractivity contribution in [3.63, 3.8) is 0 Å². The van der Waals surface area contributed by atoms with Crippen LogP contribution in [0.1, 0.15) is 6.42 Å². The molecule has 1 aliphatic heterocycles. The highest BCUT2D eigenvalue weighted by Gasteiger charge is 2.14. The zero-order chi connectivity index (χ0) is 19.5. The van der Waals surface area contributed by atoms with E-state index in [1.54, 1.807) is 0 Å². The van der Waals surface area contributed by atoms with E-state index >= 15 is 0 Å². The largest absolute Gasteiger partial charge is 0.453 e. The van der Waals surface area contributed by atoms with Crippen LogP contribution in [0.3, 0.4) is 0 Å². The number of ether oxygens (including phenoxy) is 1. The summed E-state index contributed by atoms with van der Waals surface area (Å²) >= 11 is 0. The molecule has 6 nitrogen and oxygen atoms in total. The van der Waals surface area contributed by atoms with Gasteiger partial charge in [-0.1, -0.05) is 30.3 Å². The maximum absolute atomic E-state index is 5.99. The molecular formula is C23H26Cl2N4O2. The Morgan fingerprint density at radius 2 is 1.71 bits per heavy atom. The summed E-state index contributed by atoms with van der Waals surface area (Å²) < 4.78 is 11.4. The molecule has 164 valence electrons. The number of hydrogen-bond donors (Lipinski definition) is 1. The van der Waals surface area contributed by atoms with Crippen LogP contribution in [0.2, 0.25) is 0 Å². The molecule has 2 aromatic heterocycles. The number of nitrogens with zero attached hydrogens (tertiary/aromatic N) is 3. The fourth-order valence-electron chi connectivity index (χ4n) is 3.75. The van der Waals surface area contributed by atoms with E-state index in [1.165, 1.54) is 0 Å². The molecule has 0 atom stereocenters. The Hall–Kier alpha value is -2.38. The van der Waals surface area contributed by atoms with Crippen LogP contribution >= 0.6 is 24.8 Å². The summed E-state index contributed by atoms with van der Waals surface area (Å²) in [6, 6.07) is 18.1. The number of rotatable bonds is 6. The van der Waals surface area contributed by atoms with Crippen molar-refractivity contribution < 1.29 is 9.15 Å². The number of anilines is 1. The molecule has 2 aromatic carbocycles. The third-order valence-electron chi connectivity index (χ3n) is 5.30. The molecular weight excluding hydrogens is 435 g/mol. The van der Waals surface area contributed by atoms with Gasteiger partial charge in [0.25, 0.3) is 0 Å². The lowest BCUT2D eigenvalue weighted by Gasteiger charge is -2.26. The van der Waals surface area contributed by atoms with Crippen molar-refractivity contribution in [2.24, 2.45) is 0 Å². The Bertz CT molecular complexity index is 1100. The number of furan rings is 1. The SMILES string of the molecule is Cl.Cl.c1ccc2oc(-c3nc(NCCCN4CCOCC4)c4ccccc4n3)cc2c1. The van der Waals surface area contributed by atoms with Gasteiger partial charge in [0.05, 0.1) is 18.7 Å². The fraction of sp³-hybridized carbons (Fsp3) is 0.304. The number of hydrogen-bond acceptors (Lipinski definition) is 6. The highest BCUT2D eigenvalue weighted by atomic mass is 35.5. The van der Waals surface area contributed by atoms with E-state index in [9.17, 15) is 0 Å². The van der Waals surface area contributed by atoms with Gasteiger partial charge < -0.3 is 14.5 Å². The number of morpholine rings is 1. The van der Waals surface area contributed by atoms with Crippen molar-refractivity contribution >= 4 is 52.5 Å². The van der Waals surface area contributed by atoms with E-state index in [0.717, 1.165) is 73.5 Å². The third-order valence-corrected chi connectivity index (χ3v) is 5.30. The van der Waals surface area contributed by atoms with Gasteiger partial charge in [-0.25, -0.2) is 9.97 Å². The van der Waals surface area contributed by atoms with Crippen molar-refractivity contribution in [3.8, 4) is 11.6 Å². The van der Waals surface area contributed by atoms with Crippen LogP contribution in [0.25, 0.3) is 33.5 Å². The highest BCUT2D eigenvalue weighted by molar-refractivity contribution is 5.91. The maximum Gasteiger partial charge on any atom is 0.198 e. The highest BCUT2D eigenvalue weighted by Crippen LogP contribution is 2.29. The Labute approximate surface area is 193 Å². The molecule has 0 aliphatic carbocycles. The lowest BCUT2D eigenvalue weighted by molar-refractivity contribution is 0.0378. The molecule has 1 N–H and O–H groups in total. The standard InChI is InChI=1S/C23H24N4O2.2ClH/c1-4-9-20-17(6-1)16-21(29-20)23-25-19-8-3-2-7-18(19)22(26-23)24-10-5-11-27-12-14-28-15-13-27;;/h1-4,6-9,16H,5,10-15H2,(H,24,25,26);2*1H. The van der Waals surface area contributed by atoms with E-state index in [4.69, 9.17) is 19.1 Å². The lowest BCUT2D eigenvalue weighted by Crippen LogP contribution is -2.37. The summed E-state index contributed by atoms with van der Waals surface area (Å²) in [6.45, 7) is 5.64. The minimum Gasteiger partial charge on any atom is -0.453 e. The molecule has 1 fully saturated rings. The smallest absolute Gasteiger partial charge is 0.198 e. The summed E-state index contributed by atoms with van der Waals surface area (Å²) in [4.78, 5) is 12.0. The van der Waals surface area contributed by atoms with E-state index in [0.29, 0.717) is 11.6 Å². The summed E-state index contributed by atoms with van der Waals surface area (Å²) in [7, 11) is 0. The summed E-state index contributed by atoms with van der Waals surface area (Å²) in [5, 5.41) is 5.60. The number of fused-ring (bicyclic) bond motifs is 2. The van der Waals surface area contributed by atoms with Crippen LogP contribution in [-0.2, 0) is 4.74 Å². The molecule has 5 rings (SSSR count). The average molecular weight is 461 g/mol. The van der Waals surface area contributed by atoms with Gasteiger partial charge in [0.1, 0.15) is 11.4 Å². The van der Waals surface area contributed by atoms with E-state index in [-0.39, 0.29) is 24.8 Å². The van der Waals surface area contributed by atoms with Gasteiger partial charge in [-0.3, -0.25) is 4.90 Å². The number of benzene rings is 2. The summed E-state index contributed by atoms with van der Waals surface area (Å²) in [6.07, 6.45) is 1.05. The number of halogens is 2. The molecule has 0 bridgehead atoms. The monoisotopic (exact) mass is 460 g/mol. The predicted octanol–water partition coefficient (Wildman–Crippen LogP) is 5.02. The quantitative estimate of drug-likeness (QED) is 0.407. The van der Waals surface area contributed by atoms with Gasteiger partial charge in [-0.2, -0.15) is 0 Å². The Morgan fingerprint density at radius 1 is 0.935 bits per heavy atom. The van der Waals surface area contributed by atoms with Gasteiger partial charge in [0.15, 0.2) is 11.6 Å². The molecule has 0 radical (unpaired) electrons. The Morgan fingerprint density at radius 3 is 2.55 bits per heavy atom. The first kappa shape index (κ1) is 23.3. The zero-order valence-corrected chi connectivity index (χ0v) is 18.8. The summed E-state index contributed by atoms with van der Waals surface area (Å²) in [5.74, 6) is 2.15. The molecule has 1 saturated heterocycles. The average Bonchev–Trinajstić information content (AvgIpc) is 3.21. The minimum atomic E-state index is 0. The normalized spacial score (nSPS) is 14.2. The molecule has 0 spiro atoms. The van der Waals surface area contributed by atoms with Crippen LogP contribution < -0.4 is 5.32 Å². The third kappa shape index (κ3) is 5.28. The maximum atomic E-state index is 5.99. The van der Waals surface area contributed by atoms with E-state index < -0.39 is 0 Å². The molecule has 8 heteroatoms. The van der Waals surface area contributed by atoms with Crippen LogP contribution in [0.4, 0.5) is 5.82 Å². The second-order valence-electron chi connectivity index (χ2n) is 7.30. The summed E-state index contributed by atoms with van der Waals surface area (Å²) in [5.41, 5.74) is 1.76. The van der Waals surface area contributed by atoms with E-state index in [1.807, 2.05) is 48.5 Å². The Balaban J connectivity index is 0.00000136. The predicted molar refractivity (Wildman–Crippen MR) is 130 cm³/mol. The fourth-order valence-corrected chi connectivity index (χ4v) is 3.75. The van der Waals surface area contributed by atoms with Gasteiger partial charge >= 0.3 is 0 Å². The second kappa shape index (κ2) is 10.8. The lowest BCUT2D eigenvalue weighted by atomic mass is 10.2. The number of nitrogens with one attached hydrogen (secondary N) is 1. The Kier molecular flexibility index (Phi) is 8.09. The molecule has 1 aliphatic rings. The second-order valence-corrected chi connectivity index (χ2v) is 7.30. The molecule has 0 amide bonds.